The third kappa shape index (κ3) is 3.05. The molecular weight excluding hydrogens is 246 g/mol. The Kier molecular flexibility index (Phi) is 3.52. The zero-order valence-electron chi connectivity index (χ0n) is 11.5. The summed E-state index contributed by atoms with van der Waals surface area (Å²) in [6.07, 6.45) is -0.283. The van der Waals surface area contributed by atoms with E-state index in [1.165, 1.54) is 13.8 Å². The van der Waals surface area contributed by atoms with Crippen molar-refractivity contribution in [2.75, 3.05) is 6.61 Å². The first-order chi connectivity index (χ1) is 8.78. The maximum Gasteiger partial charge on any atom is 0.178 e. The topological polar surface area (TPSA) is 65.5 Å². The molecule has 2 rings (SSSR count). The Morgan fingerprint density at radius 2 is 1.74 bits per heavy atom. The molecule has 0 amide bonds. The van der Waals surface area contributed by atoms with Gasteiger partial charge in [-0.05, 0) is 31.5 Å². The molecule has 1 aliphatic heterocycles. The van der Waals surface area contributed by atoms with Gasteiger partial charge in [0.1, 0.15) is 17.5 Å². The molecule has 5 nitrogen and oxygen atoms in total. The third-order valence-electron chi connectivity index (χ3n) is 2.95. The number of aromatic nitrogens is 1. The van der Waals surface area contributed by atoms with E-state index in [1.54, 1.807) is 12.1 Å². The van der Waals surface area contributed by atoms with E-state index in [4.69, 9.17) is 9.47 Å². The quantitative estimate of drug-likeness (QED) is 0.783. The average Bonchev–Trinajstić information content (AvgIpc) is 2.69. The Morgan fingerprint density at radius 1 is 1.21 bits per heavy atom. The first kappa shape index (κ1) is 13.8. The predicted octanol–water partition coefficient (Wildman–Crippen LogP) is 2.31. The molecule has 1 saturated heterocycles. The minimum Gasteiger partial charge on any atom is -0.347 e. The zero-order valence-corrected chi connectivity index (χ0v) is 11.5. The number of carbonyl (C=O) groups excluding carboxylic acids is 2. The molecule has 1 aromatic heterocycles. The van der Waals surface area contributed by atoms with Crippen LogP contribution < -0.4 is 0 Å². The van der Waals surface area contributed by atoms with E-state index in [0.717, 1.165) is 5.56 Å². The van der Waals surface area contributed by atoms with Crippen molar-refractivity contribution in [3.8, 4) is 0 Å². The van der Waals surface area contributed by atoms with E-state index in [0.29, 0.717) is 6.61 Å². The normalized spacial score (nSPS) is 21.4. The van der Waals surface area contributed by atoms with Crippen LogP contribution in [0.1, 0.15) is 60.3 Å². The van der Waals surface area contributed by atoms with Crippen molar-refractivity contribution in [3.05, 3.63) is 29.1 Å². The summed E-state index contributed by atoms with van der Waals surface area (Å²) in [5.41, 5.74) is 1.29. The zero-order chi connectivity index (χ0) is 14.2. The van der Waals surface area contributed by atoms with Crippen molar-refractivity contribution in [2.24, 2.45) is 0 Å². The van der Waals surface area contributed by atoms with E-state index in [2.05, 4.69) is 4.98 Å². The number of ether oxygens (including phenoxy) is 2. The van der Waals surface area contributed by atoms with Gasteiger partial charge in [-0.1, -0.05) is 0 Å². The van der Waals surface area contributed by atoms with E-state index in [-0.39, 0.29) is 29.1 Å². The van der Waals surface area contributed by atoms with Gasteiger partial charge >= 0.3 is 0 Å². The summed E-state index contributed by atoms with van der Waals surface area (Å²) in [7, 11) is 0. The molecule has 0 spiro atoms. The number of rotatable bonds is 3. The molecule has 1 aliphatic rings. The molecule has 1 unspecified atom stereocenters. The standard InChI is InChI=1S/C14H17NO4/c1-8(16)11-5-10(6-12(15-11)9(2)17)13-7-18-14(3,4)19-13/h5-6,13H,7H2,1-4H3. The highest BCUT2D eigenvalue weighted by molar-refractivity contribution is 5.96. The van der Waals surface area contributed by atoms with Crippen molar-refractivity contribution in [2.45, 2.75) is 39.6 Å². The molecule has 0 bridgehead atoms. The highest BCUT2D eigenvalue weighted by atomic mass is 16.7. The lowest BCUT2D eigenvalue weighted by Gasteiger charge is -2.17. The van der Waals surface area contributed by atoms with Gasteiger partial charge in [0.05, 0.1) is 6.61 Å². The Morgan fingerprint density at radius 3 is 2.11 bits per heavy atom. The van der Waals surface area contributed by atoms with Crippen molar-refractivity contribution >= 4 is 11.6 Å². The summed E-state index contributed by atoms with van der Waals surface area (Å²) in [6.45, 7) is 6.89. The predicted molar refractivity (Wildman–Crippen MR) is 68.1 cm³/mol. The van der Waals surface area contributed by atoms with Crippen LogP contribution in [0.3, 0.4) is 0 Å². The van der Waals surface area contributed by atoms with Gasteiger partial charge in [-0.25, -0.2) is 4.98 Å². The highest BCUT2D eigenvalue weighted by Crippen LogP contribution is 2.33. The smallest absolute Gasteiger partial charge is 0.178 e. The van der Waals surface area contributed by atoms with Crippen LogP contribution in [0.5, 0.6) is 0 Å². The van der Waals surface area contributed by atoms with E-state index in [1.807, 2.05) is 13.8 Å². The van der Waals surface area contributed by atoms with Crippen LogP contribution in [0, 0.1) is 0 Å². The molecule has 5 heteroatoms. The number of ketones is 2. The first-order valence-corrected chi connectivity index (χ1v) is 6.14. The molecule has 0 saturated carbocycles. The van der Waals surface area contributed by atoms with E-state index < -0.39 is 5.79 Å². The molecular formula is C14H17NO4. The second-order valence-corrected chi connectivity index (χ2v) is 5.10. The fraction of sp³-hybridized carbons (Fsp3) is 0.500. The molecule has 0 aromatic carbocycles. The maximum atomic E-state index is 11.5. The van der Waals surface area contributed by atoms with Gasteiger partial charge < -0.3 is 9.47 Å². The Labute approximate surface area is 111 Å². The van der Waals surface area contributed by atoms with Crippen LogP contribution in [0.2, 0.25) is 0 Å². The van der Waals surface area contributed by atoms with Gasteiger partial charge in [-0.15, -0.1) is 0 Å². The van der Waals surface area contributed by atoms with Crippen molar-refractivity contribution in [3.63, 3.8) is 0 Å². The van der Waals surface area contributed by atoms with Crippen molar-refractivity contribution < 1.29 is 19.1 Å². The van der Waals surface area contributed by atoms with Crippen LogP contribution >= 0.6 is 0 Å². The number of hydrogen-bond acceptors (Lipinski definition) is 5. The van der Waals surface area contributed by atoms with Crippen LogP contribution in [0.15, 0.2) is 12.1 Å². The number of hydrogen-bond donors (Lipinski definition) is 0. The van der Waals surface area contributed by atoms with Gasteiger partial charge in [0.25, 0.3) is 0 Å². The highest BCUT2D eigenvalue weighted by Gasteiger charge is 2.34. The average molecular weight is 263 g/mol. The second-order valence-electron chi connectivity index (χ2n) is 5.10. The Hall–Kier alpha value is -1.59. The van der Waals surface area contributed by atoms with Gasteiger partial charge in [0.15, 0.2) is 17.4 Å². The minimum atomic E-state index is -0.652. The molecule has 0 radical (unpaired) electrons. The molecule has 19 heavy (non-hydrogen) atoms. The lowest BCUT2D eigenvalue weighted by Crippen LogP contribution is -2.19. The first-order valence-electron chi connectivity index (χ1n) is 6.14. The lowest BCUT2D eigenvalue weighted by atomic mass is 10.1. The molecule has 0 aliphatic carbocycles. The van der Waals surface area contributed by atoms with Crippen LogP contribution in [-0.4, -0.2) is 28.9 Å². The summed E-state index contributed by atoms with van der Waals surface area (Å²) in [6, 6.07) is 3.31. The summed E-state index contributed by atoms with van der Waals surface area (Å²) in [4.78, 5) is 27.0. The second kappa shape index (κ2) is 4.83. The molecule has 1 aromatic rings. The fourth-order valence-electron chi connectivity index (χ4n) is 1.95. The summed E-state index contributed by atoms with van der Waals surface area (Å²) in [5.74, 6) is -1.01. The number of nitrogens with zero attached hydrogens (tertiary/aromatic N) is 1. The van der Waals surface area contributed by atoms with Gasteiger partial charge in [0, 0.05) is 13.8 Å². The van der Waals surface area contributed by atoms with Gasteiger partial charge in [-0.2, -0.15) is 0 Å². The van der Waals surface area contributed by atoms with E-state index in [9.17, 15) is 9.59 Å². The molecule has 2 heterocycles. The largest absolute Gasteiger partial charge is 0.347 e. The fourth-order valence-corrected chi connectivity index (χ4v) is 1.95. The summed E-state index contributed by atoms with van der Waals surface area (Å²) in [5, 5.41) is 0. The Balaban J connectivity index is 2.40. The minimum absolute atomic E-state index is 0.178. The van der Waals surface area contributed by atoms with Crippen LogP contribution in [-0.2, 0) is 9.47 Å². The van der Waals surface area contributed by atoms with Crippen molar-refractivity contribution in [1.29, 1.82) is 0 Å². The van der Waals surface area contributed by atoms with Crippen molar-refractivity contribution in [1.82, 2.24) is 4.98 Å². The lowest BCUT2D eigenvalue weighted by molar-refractivity contribution is -0.139. The van der Waals surface area contributed by atoms with Crippen LogP contribution in [0.25, 0.3) is 0 Å². The third-order valence-corrected chi connectivity index (χ3v) is 2.95. The number of pyridine rings is 1. The summed E-state index contributed by atoms with van der Waals surface area (Å²) >= 11 is 0. The number of carbonyl (C=O) groups is 2. The molecule has 1 atom stereocenters. The number of Topliss-reactive ketones (excluding diaryl/α,β-unsaturated/α-hetero) is 2. The Bertz CT molecular complexity index is 504. The van der Waals surface area contributed by atoms with Crippen LogP contribution in [0.4, 0.5) is 0 Å². The van der Waals surface area contributed by atoms with Gasteiger partial charge in [-0.3, -0.25) is 9.59 Å². The monoisotopic (exact) mass is 263 g/mol. The molecule has 1 fully saturated rings. The summed E-state index contributed by atoms with van der Waals surface area (Å²) < 4.78 is 11.2. The molecule has 102 valence electrons. The molecule has 0 N–H and O–H groups in total. The van der Waals surface area contributed by atoms with E-state index >= 15 is 0 Å². The SMILES string of the molecule is CC(=O)c1cc(C2COC(C)(C)O2)cc(C(C)=O)n1. The van der Waals surface area contributed by atoms with Gasteiger partial charge in [0.2, 0.25) is 0 Å². The maximum absolute atomic E-state index is 11.5.